The highest BCUT2D eigenvalue weighted by Gasteiger charge is 2.18. The summed E-state index contributed by atoms with van der Waals surface area (Å²) in [6.45, 7) is 5.65. The van der Waals surface area contributed by atoms with Crippen LogP contribution >= 0.6 is 0 Å². The summed E-state index contributed by atoms with van der Waals surface area (Å²) in [7, 11) is 0. The standard InChI is InChI=1S/C15H22N2O2/c1-2-8-17-9-6-13(7-10-17)16-14-5-3-4-12(11-14)15(18)19/h3-5,11,13,16H,2,6-10H2,1H3,(H,18,19). The van der Waals surface area contributed by atoms with Gasteiger partial charge in [-0.15, -0.1) is 0 Å². The molecule has 0 saturated carbocycles. The Balaban J connectivity index is 1.88. The molecule has 2 rings (SSSR count). The minimum atomic E-state index is -0.874. The molecule has 0 aromatic heterocycles. The summed E-state index contributed by atoms with van der Waals surface area (Å²) >= 11 is 0. The number of nitrogens with zero attached hydrogens (tertiary/aromatic N) is 1. The van der Waals surface area contributed by atoms with Gasteiger partial charge >= 0.3 is 5.97 Å². The predicted molar refractivity (Wildman–Crippen MR) is 76.8 cm³/mol. The van der Waals surface area contributed by atoms with Crippen LogP contribution in [0.15, 0.2) is 24.3 Å². The molecular weight excluding hydrogens is 240 g/mol. The minimum Gasteiger partial charge on any atom is -0.478 e. The number of aromatic carboxylic acids is 1. The second kappa shape index (κ2) is 6.57. The monoisotopic (exact) mass is 262 g/mol. The van der Waals surface area contributed by atoms with Gasteiger partial charge in [0.15, 0.2) is 0 Å². The number of likely N-dealkylation sites (tertiary alicyclic amines) is 1. The third-order valence-corrected chi connectivity index (χ3v) is 3.61. The normalized spacial score (nSPS) is 17.3. The average molecular weight is 262 g/mol. The molecule has 104 valence electrons. The van der Waals surface area contributed by atoms with E-state index in [0.717, 1.165) is 31.6 Å². The first-order valence-corrected chi connectivity index (χ1v) is 7.01. The Bertz CT molecular complexity index is 426. The molecule has 2 N–H and O–H groups in total. The summed E-state index contributed by atoms with van der Waals surface area (Å²) in [5.41, 5.74) is 1.25. The van der Waals surface area contributed by atoms with Gasteiger partial charge in [-0.25, -0.2) is 4.79 Å². The van der Waals surface area contributed by atoms with Crippen molar-refractivity contribution < 1.29 is 9.90 Å². The molecule has 0 spiro atoms. The molecule has 1 saturated heterocycles. The Kier molecular flexibility index (Phi) is 4.80. The summed E-state index contributed by atoms with van der Waals surface area (Å²) in [5, 5.41) is 12.4. The van der Waals surface area contributed by atoms with Crippen molar-refractivity contribution in [2.75, 3.05) is 25.0 Å². The van der Waals surface area contributed by atoms with Crippen LogP contribution in [0.1, 0.15) is 36.5 Å². The topological polar surface area (TPSA) is 52.6 Å². The summed E-state index contributed by atoms with van der Waals surface area (Å²) in [4.78, 5) is 13.4. The molecule has 1 fully saturated rings. The van der Waals surface area contributed by atoms with Crippen LogP contribution in [-0.2, 0) is 0 Å². The van der Waals surface area contributed by atoms with Gasteiger partial charge in [-0.3, -0.25) is 0 Å². The lowest BCUT2D eigenvalue weighted by molar-refractivity contribution is 0.0697. The van der Waals surface area contributed by atoms with Gasteiger partial charge < -0.3 is 15.3 Å². The number of piperidine rings is 1. The maximum atomic E-state index is 10.9. The smallest absolute Gasteiger partial charge is 0.335 e. The number of anilines is 1. The number of benzene rings is 1. The first-order valence-electron chi connectivity index (χ1n) is 7.01. The van der Waals surface area contributed by atoms with Crippen LogP contribution in [0.3, 0.4) is 0 Å². The predicted octanol–water partition coefficient (Wildman–Crippen LogP) is 2.67. The Hall–Kier alpha value is -1.55. The molecule has 1 aliphatic heterocycles. The van der Waals surface area contributed by atoms with Crippen molar-refractivity contribution in [1.82, 2.24) is 4.90 Å². The van der Waals surface area contributed by atoms with Gasteiger partial charge in [0.05, 0.1) is 5.56 Å². The van der Waals surface area contributed by atoms with Crippen molar-refractivity contribution in [3.63, 3.8) is 0 Å². The average Bonchev–Trinajstić information content (AvgIpc) is 2.42. The van der Waals surface area contributed by atoms with Crippen LogP contribution in [0.4, 0.5) is 5.69 Å². The second-order valence-corrected chi connectivity index (χ2v) is 5.15. The highest BCUT2D eigenvalue weighted by molar-refractivity contribution is 5.88. The second-order valence-electron chi connectivity index (χ2n) is 5.15. The van der Waals surface area contributed by atoms with E-state index in [1.807, 2.05) is 6.07 Å². The number of carboxylic acid groups (broad SMARTS) is 1. The third kappa shape index (κ3) is 3.96. The molecule has 0 aliphatic carbocycles. The molecular formula is C15H22N2O2. The van der Waals surface area contributed by atoms with Gasteiger partial charge in [0.25, 0.3) is 0 Å². The lowest BCUT2D eigenvalue weighted by Gasteiger charge is -2.32. The van der Waals surface area contributed by atoms with Crippen molar-refractivity contribution in [3.8, 4) is 0 Å². The zero-order valence-corrected chi connectivity index (χ0v) is 11.4. The van der Waals surface area contributed by atoms with Gasteiger partial charge in [0.2, 0.25) is 0 Å². The van der Waals surface area contributed by atoms with Crippen molar-refractivity contribution in [1.29, 1.82) is 0 Å². The van der Waals surface area contributed by atoms with Crippen molar-refractivity contribution in [3.05, 3.63) is 29.8 Å². The zero-order chi connectivity index (χ0) is 13.7. The SMILES string of the molecule is CCCN1CCC(Nc2cccc(C(=O)O)c2)CC1. The molecule has 1 aromatic rings. The molecule has 0 bridgehead atoms. The minimum absolute atomic E-state index is 0.341. The molecule has 0 amide bonds. The van der Waals surface area contributed by atoms with E-state index in [0.29, 0.717) is 11.6 Å². The van der Waals surface area contributed by atoms with E-state index in [9.17, 15) is 4.79 Å². The zero-order valence-electron chi connectivity index (χ0n) is 11.4. The summed E-state index contributed by atoms with van der Waals surface area (Å²) in [6, 6.07) is 7.51. The van der Waals surface area contributed by atoms with E-state index < -0.39 is 5.97 Å². The van der Waals surface area contributed by atoms with E-state index in [-0.39, 0.29) is 0 Å². The third-order valence-electron chi connectivity index (χ3n) is 3.61. The van der Waals surface area contributed by atoms with Crippen molar-refractivity contribution in [2.45, 2.75) is 32.2 Å². The van der Waals surface area contributed by atoms with E-state index in [1.165, 1.54) is 13.0 Å². The lowest BCUT2D eigenvalue weighted by atomic mass is 10.0. The fourth-order valence-corrected chi connectivity index (χ4v) is 2.59. The number of hydrogen-bond acceptors (Lipinski definition) is 3. The molecule has 0 radical (unpaired) electrons. The van der Waals surface area contributed by atoms with Crippen molar-refractivity contribution >= 4 is 11.7 Å². The van der Waals surface area contributed by atoms with Gasteiger partial charge in [-0.2, -0.15) is 0 Å². The van der Waals surface area contributed by atoms with Crippen LogP contribution in [0.2, 0.25) is 0 Å². The summed E-state index contributed by atoms with van der Waals surface area (Å²) < 4.78 is 0. The molecule has 1 aliphatic rings. The molecule has 4 heteroatoms. The van der Waals surface area contributed by atoms with E-state index in [1.54, 1.807) is 18.2 Å². The molecule has 0 atom stereocenters. The molecule has 1 aromatic carbocycles. The highest BCUT2D eigenvalue weighted by Crippen LogP contribution is 2.18. The number of carbonyl (C=O) groups is 1. The number of rotatable bonds is 5. The number of hydrogen-bond donors (Lipinski definition) is 2. The van der Waals surface area contributed by atoms with E-state index in [4.69, 9.17) is 5.11 Å². The van der Waals surface area contributed by atoms with Crippen molar-refractivity contribution in [2.24, 2.45) is 0 Å². The quantitative estimate of drug-likeness (QED) is 0.856. The first kappa shape index (κ1) is 13.9. The van der Waals surface area contributed by atoms with Crippen LogP contribution in [-0.4, -0.2) is 41.7 Å². The van der Waals surface area contributed by atoms with Gasteiger partial charge in [0, 0.05) is 24.8 Å². The van der Waals surface area contributed by atoms with Gasteiger partial charge in [0.1, 0.15) is 0 Å². The van der Waals surface area contributed by atoms with Crippen LogP contribution in [0.25, 0.3) is 0 Å². The largest absolute Gasteiger partial charge is 0.478 e. The van der Waals surface area contributed by atoms with Gasteiger partial charge in [-0.1, -0.05) is 13.0 Å². The summed E-state index contributed by atoms with van der Waals surface area (Å²) in [6.07, 6.45) is 3.45. The summed E-state index contributed by atoms with van der Waals surface area (Å²) in [5.74, 6) is -0.874. The molecule has 4 nitrogen and oxygen atoms in total. The van der Waals surface area contributed by atoms with E-state index in [2.05, 4.69) is 17.1 Å². The fourth-order valence-electron chi connectivity index (χ4n) is 2.59. The van der Waals surface area contributed by atoms with Crippen LogP contribution < -0.4 is 5.32 Å². The number of carboxylic acids is 1. The molecule has 1 heterocycles. The number of nitrogens with one attached hydrogen (secondary N) is 1. The van der Waals surface area contributed by atoms with Crippen LogP contribution in [0, 0.1) is 0 Å². The molecule has 0 unspecified atom stereocenters. The van der Waals surface area contributed by atoms with Crippen LogP contribution in [0.5, 0.6) is 0 Å². The van der Waals surface area contributed by atoms with Gasteiger partial charge in [-0.05, 0) is 44.0 Å². The Morgan fingerprint density at radius 1 is 1.42 bits per heavy atom. The lowest BCUT2D eigenvalue weighted by Crippen LogP contribution is -2.39. The Morgan fingerprint density at radius 3 is 2.79 bits per heavy atom. The maximum absolute atomic E-state index is 10.9. The fraction of sp³-hybridized carbons (Fsp3) is 0.533. The first-order chi connectivity index (χ1) is 9.19. The van der Waals surface area contributed by atoms with E-state index >= 15 is 0 Å². The Labute approximate surface area is 114 Å². The maximum Gasteiger partial charge on any atom is 0.335 e. The highest BCUT2D eigenvalue weighted by atomic mass is 16.4. The molecule has 19 heavy (non-hydrogen) atoms. The Morgan fingerprint density at radius 2 is 2.16 bits per heavy atom.